The van der Waals surface area contributed by atoms with Crippen LogP contribution in [-0.4, -0.2) is 21.4 Å². The molecule has 0 spiro atoms. The van der Waals surface area contributed by atoms with E-state index < -0.39 is 0 Å². The average Bonchev–Trinajstić information content (AvgIpc) is 3.12. The number of pyridine rings is 1. The van der Waals surface area contributed by atoms with Gasteiger partial charge in [0, 0.05) is 29.5 Å². The van der Waals surface area contributed by atoms with E-state index >= 15 is 0 Å². The Morgan fingerprint density at radius 1 is 1.03 bits per heavy atom. The van der Waals surface area contributed by atoms with Crippen LogP contribution >= 0.6 is 23.2 Å². The number of benzene rings is 2. The molecule has 0 radical (unpaired) electrons. The summed E-state index contributed by atoms with van der Waals surface area (Å²) in [5, 5.41) is 3.87. The first-order valence-corrected chi connectivity index (χ1v) is 11.3. The second-order valence-electron chi connectivity index (χ2n) is 7.77. The Labute approximate surface area is 207 Å². The second kappa shape index (κ2) is 10.1. The van der Waals surface area contributed by atoms with Crippen LogP contribution in [0.15, 0.2) is 79.1 Å². The Hall–Kier alpha value is -3.61. The molecule has 1 N–H and O–H groups in total. The van der Waals surface area contributed by atoms with Gasteiger partial charge in [-0.3, -0.25) is 14.7 Å². The predicted octanol–water partition coefficient (Wildman–Crippen LogP) is 6.51. The third-order valence-corrected chi connectivity index (χ3v) is 6.06. The van der Waals surface area contributed by atoms with Gasteiger partial charge < -0.3 is 9.88 Å². The molecule has 0 saturated carbocycles. The number of carbonyl (C=O) groups is 2. The number of hydrogen-bond donors (Lipinski definition) is 1. The first kappa shape index (κ1) is 23.5. The first-order chi connectivity index (χ1) is 16.3. The minimum Gasteiger partial charge on any atom is -0.343 e. The standard InChI is InChI=1S/C26H22Cl2N4O2/c1-17-14-21(31(2)24(17)25(33)18-9-11-19(27)12-10-18)16-32(20-6-5-13-29-15-20)26(34)30-23-8-4-3-7-22(23)28/h3-15H,16H2,1-2H3,(H,30,34). The van der Waals surface area contributed by atoms with E-state index in [0.29, 0.717) is 32.7 Å². The molecular weight excluding hydrogens is 471 g/mol. The smallest absolute Gasteiger partial charge is 0.326 e. The molecule has 2 aromatic carbocycles. The third-order valence-electron chi connectivity index (χ3n) is 5.48. The zero-order valence-corrected chi connectivity index (χ0v) is 20.1. The molecule has 6 nitrogen and oxygen atoms in total. The summed E-state index contributed by atoms with van der Waals surface area (Å²) in [6.07, 6.45) is 3.25. The molecule has 2 amide bonds. The van der Waals surface area contributed by atoms with Gasteiger partial charge in [0.05, 0.1) is 34.8 Å². The Morgan fingerprint density at radius 2 is 1.76 bits per heavy atom. The van der Waals surface area contributed by atoms with Gasteiger partial charge in [-0.05, 0) is 67.1 Å². The van der Waals surface area contributed by atoms with Gasteiger partial charge in [-0.15, -0.1) is 0 Å². The van der Waals surface area contributed by atoms with E-state index in [1.165, 1.54) is 0 Å². The topological polar surface area (TPSA) is 67.2 Å². The van der Waals surface area contributed by atoms with E-state index in [1.54, 1.807) is 78.0 Å². The highest BCUT2D eigenvalue weighted by molar-refractivity contribution is 6.33. The Bertz CT molecular complexity index is 1330. The van der Waals surface area contributed by atoms with Crippen LogP contribution in [0.25, 0.3) is 0 Å². The van der Waals surface area contributed by atoms with Gasteiger partial charge >= 0.3 is 6.03 Å². The van der Waals surface area contributed by atoms with Crippen molar-refractivity contribution in [2.75, 3.05) is 10.2 Å². The monoisotopic (exact) mass is 492 g/mol. The number of aromatic nitrogens is 2. The molecule has 0 unspecified atom stereocenters. The number of anilines is 2. The Balaban J connectivity index is 1.66. The Kier molecular flexibility index (Phi) is 7.01. The molecule has 2 heterocycles. The van der Waals surface area contributed by atoms with Crippen molar-refractivity contribution in [1.29, 1.82) is 0 Å². The summed E-state index contributed by atoms with van der Waals surface area (Å²) in [5.74, 6) is -0.114. The molecule has 0 aliphatic heterocycles. The summed E-state index contributed by atoms with van der Waals surface area (Å²) in [4.78, 5) is 32.2. The SMILES string of the molecule is Cc1cc(CN(C(=O)Nc2ccccc2Cl)c2cccnc2)n(C)c1C(=O)c1ccc(Cl)cc1. The van der Waals surface area contributed by atoms with Gasteiger partial charge in [0.25, 0.3) is 0 Å². The number of para-hydroxylation sites is 1. The van der Waals surface area contributed by atoms with Crippen LogP contribution in [-0.2, 0) is 13.6 Å². The number of urea groups is 1. The number of carbonyl (C=O) groups excluding carboxylic acids is 2. The van der Waals surface area contributed by atoms with Crippen LogP contribution in [0.2, 0.25) is 10.0 Å². The van der Waals surface area contributed by atoms with Crippen LogP contribution in [0.4, 0.5) is 16.2 Å². The summed E-state index contributed by atoms with van der Waals surface area (Å²) in [5.41, 5.74) is 3.81. The number of rotatable bonds is 6. The maximum Gasteiger partial charge on any atom is 0.326 e. The largest absolute Gasteiger partial charge is 0.343 e. The van der Waals surface area contributed by atoms with Crippen molar-refractivity contribution in [3.8, 4) is 0 Å². The molecule has 34 heavy (non-hydrogen) atoms. The number of amides is 2. The Morgan fingerprint density at radius 3 is 2.44 bits per heavy atom. The molecule has 2 aromatic heterocycles. The lowest BCUT2D eigenvalue weighted by Gasteiger charge is -2.23. The van der Waals surface area contributed by atoms with E-state index in [1.807, 2.05) is 24.6 Å². The fourth-order valence-electron chi connectivity index (χ4n) is 3.75. The lowest BCUT2D eigenvalue weighted by atomic mass is 10.1. The van der Waals surface area contributed by atoms with Gasteiger partial charge in [0.1, 0.15) is 0 Å². The van der Waals surface area contributed by atoms with Gasteiger partial charge in [-0.25, -0.2) is 4.79 Å². The summed E-state index contributed by atoms with van der Waals surface area (Å²) in [6.45, 7) is 2.10. The number of aryl methyl sites for hydroxylation is 1. The highest BCUT2D eigenvalue weighted by Gasteiger charge is 2.23. The fourth-order valence-corrected chi connectivity index (χ4v) is 4.05. The van der Waals surface area contributed by atoms with Crippen LogP contribution in [0.5, 0.6) is 0 Å². The first-order valence-electron chi connectivity index (χ1n) is 10.5. The molecule has 0 saturated heterocycles. The molecule has 0 atom stereocenters. The molecule has 4 aromatic rings. The van der Waals surface area contributed by atoms with Crippen molar-refractivity contribution in [2.45, 2.75) is 13.5 Å². The summed E-state index contributed by atoms with van der Waals surface area (Å²) in [7, 11) is 1.82. The lowest BCUT2D eigenvalue weighted by molar-refractivity contribution is 0.103. The molecule has 4 rings (SSSR count). The van der Waals surface area contributed by atoms with E-state index in [2.05, 4.69) is 10.3 Å². The van der Waals surface area contributed by atoms with Crippen LogP contribution in [0.1, 0.15) is 27.3 Å². The van der Waals surface area contributed by atoms with Crippen LogP contribution < -0.4 is 10.2 Å². The second-order valence-corrected chi connectivity index (χ2v) is 8.61. The number of nitrogens with one attached hydrogen (secondary N) is 1. The number of ketones is 1. The molecule has 0 aliphatic rings. The highest BCUT2D eigenvalue weighted by atomic mass is 35.5. The zero-order valence-electron chi connectivity index (χ0n) is 18.6. The molecule has 0 fully saturated rings. The van der Waals surface area contributed by atoms with Crippen LogP contribution in [0, 0.1) is 6.92 Å². The average molecular weight is 493 g/mol. The third kappa shape index (κ3) is 4.98. The summed E-state index contributed by atoms with van der Waals surface area (Å²) in [6, 6.07) is 18.9. The van der Waals surface area contributed by atoms with E-state index in [9.17, 15) is 9.59 Å². The molecule has 172 valence electrons. The van der Waals surface area contributed by atoms with Crippen molar-refractivity contribution in [3.63, 3.8) is 0 Å². The highest BCUT2D eigenvalue weighted by Crippen LogP contribution is 2.25. The van der Waals surface area contributed by atoms with E-state index in [-0.39, 0.29) is 18.4 Å². The van der Waals surface area contributed by atoms with Crippen molar-refractivity contribution < 1.29 is 9.59 Å². The molecule has 0 aliphatic carbocycles. The van der Waals surface area contributed by atoms with Crippen molar-refractivity contribution in [3.05, 3.63) is 112 Å². The van der Waals surface area contributed by atoms with Gasteiger partial charge in [0.2, 0.25) is 5.78 Å². The minimum absolute atomic E-state index is 0.114. The number of hydrogen-bond acceptors (Lipinski definition) is 3. The van der Waals surface area contributed by atoms with Crippen molar-refractivity contribution in [1.82, 2.24) is 9.55 Å². The van der Waals surface area contributed by atoms with Gasteiger partial charge in [-0.1, -0.05) is 35.3 Å². The maximum atomic E-state index is 13.3. The number of nitrogens with zero attached hydrogens (tertiary/aromatic N) is 3. The zero-order chi connectivity index (χ0) is 24.2. The van der Waals surface area contributed by atoms with Crippen molar-refractivity contribution in [2.24, 2.45) is 7.05 Å². The summed E-state index contributed by atoms with van der Waals surface area (Å²) >= 11 is 12.2. The number of halogens is 2. The van der Waals surface area contributed by atoms with Gasteiger partial charge in [-0.2, -0.15) is 0 Å². The van der Waals surface area contributed by atoms with E-state index in [4.69, 9.17) is 23.2 Å². The van der Waals surface area contributed by atoms with Crippen LogP contribution in [0.3, 0.4) is 0 Å². The predicted molar refractivity (Wildman–Crippen MR) is 136 cm³/mol. The normalized spacial score (nSPS) is 10.7. The van der Waals surface area contributed by atoms with Crippen molar-refractivity contribution >= 4 is 46.4 Å². The lowest BCUT2D eigenvalue weighted by Crippen LogP contribution is -2.35. The molecule has 0 bridgehead atoms. The van der Waals surface area contributed by atoms with Gasteiger partial charge in [0.15, 0.2) is 0 Å². The summed E-state index contributed by atoms with van der Waals surface area (Å²) < 4.78 is 1.82. The molecular formula is C26H22Cl2N4O2. The minimum atomic E-state index is -0.370. The molecule has 8 heteroatoms. The fraction of sp³-hybridized carbons (Fsp3) is 0.115. The maximum absolute atomic E-state index is 13.3. The quantitative estimate of drug-likeness (QED) is 0.312. The van der Waals surface area contributed by atoms with E-state index in [0.717, 1.165) is 11.3 Å².